The monoisotopic (exact) mass is 187 g/mol. The Balaban J connectivity index is 2.11. The molecule has 0 aromatic heterocycles. The fourth-order valence-electron chi connectivity index (χ4n) is 2.34. The predicted octanol–water partition coefficient (Wildman–Crippen LogP) is -0.620. The van der Waals surface area contributed by atoms with Gasteiger partial charge >= 0.3 is 0 Å². The summed E-state index contributed by atoms with van der Waals surface area (Å²) in [7, 11) is 0. The van der Waals surface area contributed by atoms with Gasteiger partial charge in [-0.3, -0.25) is 0 Å². The van der Waals surface area contributed by atoms with Crippen molar-refractivity contribution in [2.45, 2.75) is 42.9 Å². The van der Waals surface area contributed by atoms with E-state index in [4.69, 9.17) is 15.6 Å². The molecule has 1 unspecified atom stereocenters. The van der Waals surface area contributed by atoms with Gasteiger partial charge in [0.2, 0.25) is 0 Å². The summed E-state index contributed by atoms with van der Waals surface area (Å²) in [5, 5.41) is 18.5. The van der Waals surface area contributed by atoms with Crippen LogP contribution in [-0.2, 0) is 4.74 Å². The van der Waals surface area contributed by atoms with Crippen molar-refractivity contribution in [1.29, 1.82) is 0 Å². The number of aliphatic hydroxyl groups is 2. The molecule has 1 atom stereocenters. The molecule has 1 saturated carbocycles. The van der Waals surface area contributed by atoms with E-state index in [0.29, 0.717) is 6.61 Å². The molecule has 0 aromatic rings. The molecule has 3 rings (SSSR count). The molecular weight excluding hydrogens is 170 g/mol. The number of hydrogen-bond donors (Lipinski definition) is 3. The molecule has 3 aliphatic rings. The minimum atomic E-state index is -0.752. The van der Waals surface area contributed by atoms with E-state index in [0.717, 1.165) is 25.7 Å². The Morgan fingerprint density at radius 2 is 1.92 bits per heavy atom. The molecule has 0 amide bonds. The molecule has 2 aliphatic heterocycles. The molecule has 2 saturated heterocycles. The maximum atomic E-state index is 9.63. The number of hydrogen-bond acceptors (Lipinski definition) is 4. The Hall–Kier alpha value is -0.160. The molecule has 0 spiro atoms. The van der Waals surface area contributed by atoms with Crippen LogP contribution >= 0.6 is 0 Å². The Labute approximate surface area is 77.7 Å². The molecule has 0 radical (unpaired) electrons. The highest BCUT2D eigenvalue weighted by molar-refractivity contribution is 5.05. The van der Waals surface area contributed by atoms with Crippen LogP contribution in [0.3, 0.4) is 0 Å². The first kappa shape index (κ1) is 9.40. The first-order chi connectivity index (χ1) is 6.10. The highest BCUT2D eigenvalue weighted by atomic mass is 16.5. The zero-order chi connectivity index (χ0) is 9.53. The van der Waals surface area contributed by atoms with Gasteiger partial charge in [0.1, 0.15) is 6.10 Å². The summed E-state index contributed by atoms with van der Waals surface area (Å²) in [6.07, 6.45) is 2.57. The molecule has 2 heterocycles. The highest BCUT2D eigenvalue weighted by Crippen LogP contribution is 2.43. The largest absolute Gasteiger partial charge is 0.394 e. The summed E-state index contributed by atoms with van der Waals surface area (Å²) < 4.78 is 5.59. The smallest absolute Gasteiger partial charge is 0.106 e. The van der Waals surface area contributed by atoms with Crippen molar-refractivity contribution in [3.05, 3.63) is 0 Å². The Kier molecular flexibility index (Phi) is 2.11. The Morgan fingerprint density at radius 1 is 1.31 bits per heavy atom. The van der Waals surface area contributed by atoms with Gasteiger partial charge in [0.25, 0.3) is 0 Å². The lowest BCUT2D eigenvalue weighted by Crippen LogP contribution is -2.63. The van der Waals surface area contributed by atoms with Crippen LogP contribution in [0.1, 0.15) is 25.7 Å². The second-order valence-electron chi connectivity index (χ2n) is 4.41. The molecule has 0 aromatic carbocycles. The molecule has 4 N–H and O–H groups in total. The molecule has 3 fully saturated rings. The maximum absolute atomic E-state index is 9.63. The average Bonchev–Trinajstić information content (AvgIpc) is 2.18. The summed E-state index contributed by atoms with van der Waals surface area (Å²) in [6, 6.07) is 0. The Bertz CT molecular complexity index is 183. The van der Waals surface area contributed by atoms with Crippen LogP contribution in [0.2, 0.25) is 0 Å². The SMILES string of the molecule is NC12CCC(C(O)CO)(CC1)OC2. The normalized spacial score (nSPS) is 46.4. The zero-order valence-electron chi connectivity index (χ0n) is 7.70. The first-order valence-corrected chi connectivity index (χ1v) is 4.82. The lowest BCUT2D eigenvalue weighted by Gasteiger charge is -2.53. The van der Waals surface area contributed by atoms with E-state index in [9.17, 15) is 5.11 Å². The van der Waals surface area contributed by atoms with E-state index in [1.54, 1.807) is 0 Å². The van der Waals surface area contributed by atoms with E-state index in [2.05, 4.69) is 0 Å². The van der Waals surface area contributed by atoms with Gasteiger partial charge in [0.15, 0.2) is 0 Å². The highest BCUT2D eigenvalue weighted by Gasteiger charge is 2.51. The number of nitrogens with two attached hydrogens (primary N) is 1. The summed E-state index contributed by atoms with van der Waals surface area (Å²) in [5.74, 6) is 0. The van der Waals surface area contributed by atoms with Crippen molar-refractivity contribution in [3.8, 4) is 0 Å². The molecule has 76 valence electrons. The van der Waals surface area contributed by atoms with Gasteiger partial charge in [-0.2, -0.15) is 0 Å². The van der Waals surface area contributed by atoms with Crippen molar-refractivity contribution in [2.75, 3.05) is 13.2 Å². The van der Waals surface area contributed by atoms with E-state index < -0.39 is 11.7 Å². The minimum absolute atomic E-state index is 0.170. The van der Waals surface area contributed by atoms with Gasteiger partial charge < -0.3 is 20.7 Å². The number of fused-ring (bicyclic) bond motifs is 3. The third-order valence-electron chi connectivity index (χ3n) is 3.52. The van der Waals surface area contributed by atoms with Crippen molar-refractivity contribution < 1.29 is 14.9 Å². The molecule has 2 bridgehead atoms. The molecule has 13 heavy (non-hydrogen) atoms. The van der Waals surface area contributed by atoms with Crippen LogP contribution in [0.4, 0.5) is 0 Å². The molecule has 1 aliphatic carbocycles. The van der Waals surface area contributed by atoms with Crippen LogP contribution in [0.25, 0.3) is 0 Å². The van der Waals surface area contributed by atoms with Crippen LogP contribution < -0.4 is 5.73 Å². The maximum Gasteiger partial charge on any atom is 0.106 e. The standard InChI is InChI=1S/C9H17NO3/c10-8-1-3-9(4-2-8,13-6-8)7(12)5-11/h7,11-12H,1-6,10H2. The summed E-state index contributed by atoms with van der Waals surface area (Å²) >= 11 is 0. The summed E-state index contributed by atoms with van der Waals surface area (Å²) in [4.78, 5) is 0. The van der Waals surface area contributed by atoms with Gasteiger partial charge in [-0.1, -0.05) is 0 Å². The van der Waals surface area contributed by atoms with Crippen LogP contribution in [0, 0.1) is 0 Å². The molecular formula is C9H17NO3. The van der Waals surface area contributed by atoms with Crippen molar-refractivity contribution >= 4 is 0 Å². The first-order valence-electron chi connectivity index (χ1n) is 4.82. The fraction of sp³-hybridized carbons (Fsp3) is 1.00. The second kappa shape index (κ2) is 2.92. The minimum Gasteiger partial charge on any atom is -0.394 e. The van der Waals surface area contributed by atoms with Gasteiger partial charge in [0.05, 0.1) is 18.8 Å². The van der Waals surface area contributed by atoms with Gasteiger partial charge in [-0.25, -0.2) is 0 Å². The zero-order valence-corrected chi connectivity index (χ0v) is 7.70. The molecule has 4 heteroatoms. The van der Waals surface area contributed by atoms with E-state index >= 15 is 0 Å². The number of rotatable bonds is 2. The topological polar surface area (TPSA) is 75.7 Å². The van der Waals surface area contributed by atoms with E-state index in [1.165, 1.54) is 0 Å². The predicted molar refractivity (Wildman–Crippen MR) is 47.2 cm³/mol. The summed E-state index contributed by atoms with van der Waals surface area (Å²) in [5.41, 5.74) is 5.35. The lowest BCUT2D eigenvalue weighted by atomic mass is 9.69. The molecule has 4 nitrogen and oxygen atoms in total. The quantitative estimate of drug-likeness (QED) is 0.538. The third kappa shape index (κ3) is 1.38. The van der Waals surface area contributed by atoms with Gasteiger partial charge in [-0.15, -0.1) is 0 Å². The second-order valence-corrected chi connectivity index (χ2v) is 4.41. The van der Waals surface area contributed by atoms with Crippen molar-refractivity contribution in [3.63, 3.8) is 0 Å². The summed E-state index contributed by atoms with van der Waals surface area (Å²) in [6.45, 7) is 0.293. The van der Waals surface area contributed by atoms with Crippen molar-refractivity contribution in [1.82, 2.24) is 0 Å². The van der Waals surface area contributed by atoms with Crippen molar-refractivity contribution in [2.24, 2.45) is 5.73 Å². The number of ether oxygens (including phenoxy) is 1. The Morgan fingerprint density at radius 3 is 2.31 bits per heavy atom. The fourth-order valence-corrected chi connectivity index (χ4v) is 2.34. The van der Waals surface area contributed by atoms with Gasteiger partial charge in [0, 0.05) is 5.54 Å². The van der Waals surface area contributed by atoms with Gasteiger partial charge in [-0.05, 0) is 25.7 Å². The number of aliphatic hydroxyl groups excluding tert-OH is 2. The van der Waals surface area contributed by atoms with E-state index in [1.807, 2.05) is 0 Å². The average molecular weight is 187 g/mol. The third-order valence-corrected chi connectivity index (χ3v) is 3.52. The van der Waals surface area contributed by atoms with Crippen LogP contribution in [-0.4, -0.2) is 40.7 Å². The van der Waals surface area contributed by atoms with Crippen LogP contribution in [0.5, 0.6) is 0 Å². The van der Waals surface area contributed by atoms with E-state index in [-0.39, 0.29) is 12.1 Å². The lowest BCUT2D eigenvalue weighted by molar-refractivity contribution is -0.208. The van der Waals surface area contributed by atoms with Crippen LogP contribution in [0.15, 0.2) is 0 Å².